The number of aromatic amines is 2. The van der Waals surface area contributed by atoms with Crippen LogP contribution in [0.5, 0.6) is 0 Å². The quantitative estimate of drug-likeness (QED) is 0.253. The SMILES string of the molecule is C#CCc1[nH]nc(C(F)(F)F)c1-c1cnc(C(=O)NCc2ccc([S@](C)(=O)=NCCCN)c(C)c2)[nH]1. The largest absolute Gasteiger partial charge is 0.435 e. The molecule has 192 valence electrons. The summed E-state index contributed by atoms with van der Waals surface area (Å²) in [4.78, 5) is 19.7. The van der Waals surface area contributed by atoms with E-state index >= 15 is 0 Å². The molecule has 36 heavy (non-hydrogen) atoms. The predicted molar refractivity (Wildman–Crippen MR) is 129 cm³/mol. The van der Waals surface area contributed by atoms with Gasteiger partial charge >= 0.3 is 6.18 Å². The molecule has 0 bridgehead atoms. The van der Waals surface area contributed by atoms with Crippen LogP contribution in [0, 0.1) is 19.3 Å². The molecule has 0 fully saturated rings. The predicted octanol–water partition coefficient (Wildman–Crippen LogP) is 3.04. The van der Waals surface area contributed by atoms with E-state index in [9.17, 15) is 22.2 Å². The molecule has 2 aromatic heterocycles. The maximum Gasteiger partial charge on any atom is 0.435 e. The number of rotatable bonds is 9. The number of hydrogen-bond donors (Lipinski definition) is 4. The molecule has 0 radical (unpaired) electrons. The second-order valence-electron chi connectivity index (χ2n) is 8.03. The molecule has 5 N–H and O–H groups in total. The summed E-state index contributed by atoms with van der Waals surface area (Å²) in [5.74, 6) is 1.49. The van der Waals surface area contributed by atoms with Gasteiger partial charge in [-0.2, -0.15) is 18.3 Å². The fourth-order valence-electron chi connectivity index (χ4n) is 3.58. The first kappa shape index (κ1) is 27.0. The Morgan fingerprint density at radius 3 is 2.75 bits per heavy atom. The molecule has 0 saturated heterocycles. The van der Waals surface area contributed by atoms with Gasteiger partial charge in [0.25, 0.3) is 5.91 Å². The highest BCUT2D eigenvalue weighted by Crippen LogP contribution is 2.37. The Morgan fingerprint density at radius 2 is 2.11 bits per heavy atom. The minimum Gasteiger partial charge on any atom is -0.345 e. The van der Waals surface area contributed by atoms with Crippen molar-refractivity contribution in [2.75, 3.05) is 19.3 Å². The molecule has 0 aliphatic heterocycles. The zero-order chi connectivity index (χ0) is 26.5. The van der Waals surface area contributed by atoms with Crippen LogP contribution in [0.15, 0.2) is 33.7 Å². The van der Waals surface area contributed by atoms with Gasteiger partial charge in [-0.15, -0.1) is 12.3 Å². The number of nitrogens with two attached hydrogens (primary N) is 1. The van der Waals surface area contributed by atoms with Gasteiger partial charge in [0, 0.05) is 19.3 Å². The average Bonchev–Trinajstić information content (AvgIpc) is 3.45. The Kier molecular flexibility index (Phi) is 8.21. The summed E-state index contributed by atoms with van der Waals surface area (Å²) >= 11 is 0. The van der Waals surface area contributed by atoms with Gasteiger partial charge in [0.2, 0.25) is 0 Å². The van der Waals surface area contributed by atoms with E-state index in [1.807, 2.05) is 0 Å². The first-order valence-electron chi connectivity index (χ1n) is 10.9. The zero-order valence-electron chi connectivity index (χ0n) is 19.7. The summed E-state index contributed by atoms with van der Waals surface area (Å²) < 4.78 is 57.4. The second-order valence-corrected chi connectivity index (χ2v) is 10.3. The monoisotopic (exact) mass is 521 g/mol. The number of imidazole rings is 1. The number of aryl methyl sites for hydroxylation is 1. The summed E-state index contributed by atoms with van der Waals surface area (Å²) in [6.45, 7) is 2.79. The average molecular weight is 522 g/mol. The van der Waals surface area contributed by atoms with Gasteiger partial charge < -0.3 is 16.0 Å². The highest BCUT2D eigenvalue weighted by molar-refractivity contribution is 7.93. The summed E-state index contributed by atoms with van der Waals surface area (Å²) in [6.07, 6.45) is 3.75. The van der Waals surface area contributed by atoms with E-state index < -0.39 is 27.5 Å². The molecule has 9 nitrogen and oxygen atoms in total. The van der Waals surface area contributed by atoms with Crippen LogP contribution in [-0.4, -0.2) is 49.6 Å². The van der Waals surface area contributed by atoms with Crippen LogP contribution in [0.4, 0.5) is 13.2 Å². The third-order valence-electron chi connectivity index (χ3n) is 5.25. The lowest BCUT2D eigenvalue weighted by Gasteiger charge is -2.11. The fraction of sp³-hybridized carbons (Fsp3) is 0.348. The first-order chi connectivity index (χ1) is 17.0. The lowest BCUT2D eigenvalue weighted by atomic mass is 10.1. The van der Waals surface area contributed by atoms with Crippen LogP contribution < -0.4 is 11.1 Å². The van der Waals surface area contributed by atoms with Gasteiger partial charge in [0.05, 0.1) is 44.2 Å². The number of H-pyrrole nitrogens is 2. The Morgan fingerprint density at radius 1 is 1.36 bits per heavy atom. The van der Waals surface area contributed by atoms with Crippen LogP contribution in [0.25, 0.3) is 11.3 Å². The van der Waals surface area contributed by atoms with E-state index in [4.69, 9.17) is 12.2 Å². The smallest absolute Gasteiger partial charge is 0.345 e. The summed E-state index contributed by atoms with van der Waals surface area (Å²) in [6, 6.07) is 5.23. The minimum absolute atomic E-state index is 0.0391. The van der Waals surface area contributed by atoms with Crippen molar-refractivity contribution in [3.05, 3.63) is 52.7 Å². The number of hydrogen-bond acceptors (Lipinski definition) is 6. The molecular weight excluding hydrogens is 495 g/mol. The number of carbonyl (C=O) groups excluding carboxylic acids is 1. The molecule has 1 amide bonds. The van der Waals surface area contributed by atoms with Crippen molar-refractivity contribution in [2.45, 2.75) is 37.4 Å². The molecule has 1 atom stereocenters. The highest BCUT2D eigenvalue weighted by atomic mass is 32.2. The van der Waals surface area contributed by atoms with Gasteiger partial charge in [0.1, 0.15) is 0 Å². The zero-order valence-corrected chi connectivity index (χ0v) is 20.5. The molecule has 0 unspecified atom stereocenters. The maximum atomic E-state index is 13.4. The van der Waals surface area contributed by atoms with Crippen molar-refractivity contribution < 1.29 is 22.2 Å². The van der Waals surface area contributed by atoms with Gasteiger partial charge in [-0.1, -0.05) is 12.1 Å². The van der Waals surface area contributed by atoms with E-state index in [2.05, 4.69) is 35.8 Å². The molecule has 0 spiro atoms. The van der Waals surface area contributed by atoms with Gasteiger partial charge in [-0.25, -0.2) is 13.6 Å². The topological polar surface area (TPSA) is 142 Å². The molecule has 1 aromatic carbocycles. The minimum atomic E-state index is -4.73. The molecular formula is C23H26F3N7O2S. The van der Waals surface area contributed by atoms with Crippen molar-refractivity contribution in [2.24, 2.45) is 10.1 Å². The van der Waals surface area contributed by atoms with E-state index in [1.165, 1.54) is 0 Å². The van der Waals surface area contributed by atoms with Gasteiger partial charge in [0.15, 0.2) is 11.5 Å². The Balaban J connectivity index is 1.75. The maximum absolute atomic E-state index is 13.4. The van der Waals surface area contributed by atoms with Crippen LogP contribution in [0.1, 0.15) is 39.6 Å². The fourth-order valence-corrected chi connectivity index (χ4v) is 5.17. The number of terminal acetylenes is 1. The summed E-state index contributed by atoms with van der Waals surface area (Å²) in [5, 5.41) is 8.31. The highest BCUT2D eigenvalue weighted by Gasteiger charge is 2.39. The standard InChI is InChI=1S/C23H26F3N7O2S/c1-4-6-16-19(20(33-32-16)23(24,25)26)17-13-28-21(31-17)22(34)29-12-15-7-8-18(14(2)11-15)36(3,35)30-10-5-9-27/h1,7-8,11,13H,5-6,9-10,12,27H2,2-3H3,(H,28,31)(H,29,34)(H,32,33)/t36-/m0/s1. The van der Waals surface area contributed by atoms with Crippen molar-refractivity contribution in [3.8, 4) is 23.6 Å². The van der Waals surface area contributed by atoms with E-state index in [0.29, 0.717) is 24.4 Å². The Bertz CT molecular complexity index is 1410. The Hall–Kier alpha value is -3.63. The van der Waals surface area contributed by atoms with E-state index in [1.54, 1.807) is 31.4 Å². The number of aromatic nitrogens is 4. The Labute approximate surface area is 206 Å². The van der Waals surface area contributed by atoms with E-state index in [-0.39, 0.29) is 35.7 Å². The van der Waals surface area contributed by atoms with Crippen molar-refractivity contribution in [3.63, 3.8) is 0 Å². The van der Waals surface area contributed by atoms with Crippen LogP contribution in [0.3, 0.4) is 0 Å². The number of nitrogens with zero attached hydrogens (tertiary/aromatic N) is 3. The number of carbonyl (C=O) groups is 1. The summed E-state index contributed by atoms with van der Waals surface area (Å²) in [7, 11) is -2.58. The number of halogens is 3. The number of nitrogens with one attached hydrogen (secondary N) is 3. The van der Waals surface area contributed by atoms with Crippen molar-refractivity contribution in [1.29, 1.82) is 0 Å². The number of amides is 1. The van der Waals surface area contributed by atoms with Crippen LogP contribution in [-0.2, 0) is 28.9 Å². The molecule has 3 aromatic rings. The lowest BCUT2D eigenvalue weighted by molar-refractivity contribution is -0.140. The first-order valence-corrected chi connectivity index (χ1v) is 12.8. The normalized spacial score (nSPS) is 13.1. The number of benzene rings is 1. The molecule has 13 heteroatoms. The molecule has 0 aliphatic carbocycles. The third-order valence-corrected chi connectivity index (χ3v) is 7.20. The molecule has 2 heterocycles. The van der Waals surface area contributed by atoms with E-state index in [0.717, 1.165) is 17.3 Å². The van der Waals surface area contributed by atoms with Crippen molar-refractivity contribution >= 4 is 15.6 Å². The second kappa shape index (κ2) is 11.0. The molecule has 3 rings (SSSR count). The van der Waals surface area contributed by atoms with Crippen LogP contribution >= 0.6 is 0 Å². The molecule has 0 saturated carbocycles. The molecule has 0 aliphatic rings. The van der Waals surface area contributed by atoms with Crippen molar-refractivity contribution in [1.82, 2.24) is 25.5 Å². The number of alkyl halides is 3. The summed E-state index contributed by atoms with van der Waals surface area (Å²) in [5.41, 5.74) is 5.57. The lowest BCUT2D eigenvalue weighted by Crippen LogP contribution is -2.24. The van der Waals surface area contributed by atoms with Gasteiger partial charge in [-0.05, 0) is 37.1 Å². The third kappa shape index (κ3) is 6.13. The van der Waals surface area contributed by atoms with Crippen LogP contribution in [0.2, 0.25) is 0 Å². The van der Waals surface area contributed by atoms with Gasteiger partial charge in [-0.3, -0.25) is 9.89 Å².